The molecule has 0 aromatic carbocycles. The Bertz CT molecular complexity index is 865. The van der Waals surface area contributed by atoms with E-state index in [9.17, 15) is 28.0 Å². The van der Waals surface area contributed by atoms with Gasteiger partial charge in [0, 0.05) is 23.3 Å². The molecule has 17 nitrogen and oxygen atoms in total. The first-order valence-electron chi connectivity index (χ1n) is 10.9. The summed E-state index contributed by atoms with van der Waals surface area (Å²) in [6.07, 6.45) is 0.267. The molecule has 22 heteroatoms. The topological polar surface area (TPSA) is 257 Å². The fourth-order valence-corrected chi connectivity index (χ4v) is 5.18. The van der Waals surface area contributed by atoms with Crippen LogP contribution in [0, 0.1) is 17.8 Å². The predicted molar refractivity (Wildman–Crippen MR) is 132 cm³/mol. The molecule has 0 saturated heterocycles. The fourth-order valence-electron chi connectivity index (χ4n) is 2.45. The molecular formula is C15H38BNO16P4. The van der Waals surface area contributed by atoms with Gasteiger partial charge in [0.2, 0.25) is 0 Å². The molecule has 5 unspecified atom stereocenters. The van der Waals surface area contributed by atoms with Gasteiger partial charge >= 0.3 is 31.3 Å². The summed E-state index contributed by atoms with van der Waals surface area (Å²) in [5.41, 5.74) is -0.511. The van der Waals surface area contributed by atoms with Crippen LogP contribution < -0.4 is 5.23 Å². The van der Waals surface area contributed by atoms with Gasteiger partial charge in [-0.15, -0.1) is 0 Å². The van der Waals surface area contributed by atoms with Crippen molar-refractivity contribution in [3.63, 3.8) is 0 Å². The Labute approximate surface area is 216 Å². The smallest absolute Gasteiger partial charge is 0.357 e. The zero-order chi connectivity index (χ0) is 29.1. The van der Waals surface area contributed by atoms with E-state index in [4.69, 9.17) is 37.7 Å². The molecule has 0 saturated carbocycles. The summed E-state index contributed by atoms with van der Waals surface area (Å²) in [5.74, 6) is -2.02. The Morgan fingerprint density at radius 1 is 0.649 bits per heavy atom. The zero-order valence-corrected chi connectivity index (χ0v) is 24.8. The average molecular weight is 623 g/mol. The third kappa shape index (κ3) is 21.9. The van der Waals surface area contributed by atoms with Gasteiger partial charge in [0.25, 0.3) is 0 Å². The summed E-state index contributed by atoms with van der Waals surface area (Å²) in [6.45, 7) is 3.97. The molecule has 0 aromatic rings. The Kier molecular flexibility index (Phi) is 16.2. The summed E-state index contributed by atoms with van der Waals surface area (Å²) in [4.78, 5) is 54.8. The van der Waals surface area contributed by atoms with Crippen molar-refractivity contribution in [2.24, 2.45) is 17.8 Å². The number of nitrogens with one attached hydrogen (secondary N) is 1. The van der Waals surface area contributed by atoms with Crippen LogP contribution in [0.4, 0.5) is 0 Å². The van der Waals surface area contributed by atoms with Gasteiger partial charge in [0.05, 0.1) is 39.6 Å². The van der Waals surface area contributed by atoms with E-state index in [1.165, 1.54) is 13.8 Å². The van der Waals surface area contributed by atoms with Crippen molar-refractivity contribution < 1.29 is 74.8 Å². The largest absolute Gasteiger partial charge is 0.472 e. The monoisotopic (exact) mass is 623 g/mol. The van der Waals surface area contributed by atoms with Crippen LogP contribution in [-0.4, -0.2) is 82.5 Å². The standard InChI is InChI=1S/C15H38BNO16P4/c1-12(6-28-34(18,19)20)7-30-36(24,25)31-8-13(2)9-32-37(26,27)33-11-14(5-15(3,4)17-16)10-29-35(21,22)23/h12-14,17H,5-11,16H2,1-4H3,(H,24,25)(H,26,27)(H2,18,19,20)(H2,21,22,23). The van der Waals surface area contributed by atoms with Crippen molar-refractivity contribution in [3.8, 4) is 0 Å². The third-order valence-electron chi connectivity index (χ3n) is 4.52. The van der Waals surface area contributed by atoms with Crippen LogP contribution in [0.1, 0.15) is 34.1 Å². The molecule has 0 bridgehead atoms. The molecule has 7 N–H and O–H groups in total. The fraction of sp³-hybridized carbons (Fsp3) is 1.00. The van der Waals surface area contributed by atoms with E-state index in [0.29, 0.717) is 0 Å². The molecule has 0 aliphatic rings. The van der Waals surface area contributed by atoms with Gasteiger partial charge in [0.1, 0.15) is 0 Å². The minimum Gasteiger partial charge on any atom is -0.357 e. The Morgan fingerprint density at radius 2 is 0.946 bits per heavy atom. The highest BCUT2D eigenvalue weighted by molar-refractivity contribution is 7.47. The Morgan fingerprint density at radius 3 is 1.30 bits per heavy atom. The van der Waals surface area contributed by atoms with Crippen molar-refractivity contribution in [2.75, 3.05) is 39.6 Å². The van der Waals surface area contributed by atoms with E-state index in [0.717, 1.165) is 0 Å². The predicted octanol–water partition coefficient (Wildman–Crippen LogP) is 0.667. The minimum absolute atomic E-state index is 0.267. The quantitative estimate of drug-likeness (QED) is 0.0685. The van der Waals surface area contributed by atoms with Crippen LogP contribution in [-0.2, 0) is 45.4 Å². The number of phosphoric acid groups is 4. The first-order chi connectivity index (χ1) is 16.5. The lowest BCUT2D eigenvalue weighted by atomic mass is 9.90. The van der Waals surface area contributed by atoms with Gasteiger partial charge in [-0.3, -0.25) is 27.1 Å². The van der Waals surface area contributed by atoms with Crippen LogP contribution in [0.5, 0.6) is 0 Å². The van der Waals surface area contributed by atoms with E-state index in [1.54, 1.807) is 21.8 Å². The van der Waals surface area contributed by atoms with Gasteiger partial charge in [-0.05, 0) is 20.3 Å². The number of phosphoric ester groups is 4. The number of hydrogen-bond acceptors (Lipinski definition) is 11. The summed E-state index contributed by atoms with van der Waals surface area (Å²) in [5, 5.41) is 2.99. The second-order valence-corrected chi connectivity index (χ2v) is 14.5. The van der Waals surface area contributed by atoms with Crippen molar-refractivity contribution >= 4 is 39.3 Å². The third-order valence-corrected chi connectivity index (χ3v) is 7.39. The highest BCUT2D eigenvalue weighted by Gasteiger charge is 2.30. The molecule has 0 amide bonds. The number of hydrogen-bond donors (Lipinski definition) is 7. The second kappa shape index (κ2) is 16.0. The Hall–Kier alpha value is 0.465. The lowest BCUT2D eigenvalue weighted by molar-refractivity contribution is 0.0734. The molecule has 37 heavy (non-hydrogen) atoms. The molecule has 5 atom stereocenters. The van der Waals surface area contributed by atoms with Crippen LogP contribution in [0.15, 0.2) is 0 Å². The molecule has 0 aromatic heterocycles. The van der Waals surface area contributed by atoms with Crippen molar-refractivity contribution in [1.82, 2.24) is 5.23 Å². The van der Waals surface area contributed by atoms with Gasteiger partial charge in [-0.25, -0.2) is 18.3 Å². The second-order valence-electron chi connectivity index (χ2n) is 9.11. The van der Waals surface area contributed by atoms with E-state index in [1.807, 2.05) is 0 Å². The lowest BCUT2D eigenvalue weighted by Crippen LogP contribution is -2.40. The van der Waals surface area contributed by atoms with Crippen LogP contribution in [0.2, 0.25) is 0 Å². The normalized spacial score (nSPS) is 19.1. The maximum absolute atomic E-state index is 12.2. The van der Waals surface area contributed by atoms with Gasteiger partial charge in [0.15, 0.2) is 7.98 Å². The summed E-state index contributed by atoms with van der Waals surface area (Å²) < 4.78 is 73.9. The van der Waals surface area contributed by atoms with Crippen molar-refractivity contribution in [3.05, 3.63) is 0 Å². The SMILES string of the molecule is BNC(C)(C)CC(COP(=O)(O)O)COP(=O)(O)OCC(C)COP(=O)(O)OCC(C)COP(=O)(O)O. The highest BCUT2D eigenvalue weighted by atomic mass is 31.2. The number of rotatable bonds is 21. The maximum Gasteiger partial charge on any atom is 0.472 e. The molecule has 0 aliphatic carbocycles. The molecule has 0 aliphatic heterocycles. The minimum atomic E-state index is -4.77. The Balaban J connectivity index is 4.62. The molecule has 0 heterocycles. The molecule has 0 spiro atoms. The molecule has 0 rings (SSSR count). The van der Waals surface area contributed by atoms with E-state index in [-0.39, 0.29) is 6.42 Å². The van der Waals surface area contributed by atoms with Crippen LogP contribution in [0.25, 0.3) is 0 Å². The molecule has 222 valence electrons. The van der Waals surface area contributed by atoms with Crippen LogP contribution in [0.3, 0.4) is 0 Å². The molecular weight excluding hydrogens is 585 g/mol. The summed E-state index contributed by atoms with van der Waals surface area (Å²) in [7, 11) is -17.0. The first kappa shape index (κ1) is 37.5. The molecule has 0 radical (unpaired) electrons. The first-order valence-corrected chi connectivity index (χ1v) is 16.9. The van der Waals surface area contributed by atoms with Gasteiger partial charge in [-0.1, -0.05) is 13.8 Å². The van der Waals surface area contributed by atoms with Crippen molar-refractivity contribution in [1.29, 1.82) is 0 Å². The van der Waals surface area contributed by atoms with E-state index in [2.05, 4.69) is 14.3 Å². The van der Waals surface area contributed by atoms with Gasteiger partial charge < -0.3 is 34.6 Å². The van der Waals surface area contributed by atoms with Crippen LogP contribution >= 0.6 is 31.3 Å². The lowest BCUT2D eigenvalue weighted by Gasteiger charge is -2.30. The van der Waals surface area contributed by atoms with E-state index < -0.39 is 94.2 Å². The van der Waals surface area contributed by atoms with Gasteiger partial charge in [-0.2, -0.15) is 0 Å². The summed E-state index contributed by atoms with van der Waals surface area (Å²) in [6, 6.07) is 0. The zero-order valence-electron chi connectivity index (χ0n) is 21.2. The highest BCUT2D eigenvalue weighted by Crippen LogP contribution is 2.47. The molecule has 0 fully saturated rings. The average Bonchev–Trinajstić information content (AvgIpc) is 2.74. The maximum atomic E-state index is 12.2. The van der Waals surface area contributed by atoms with Crippen molar-refractivity contribution in [2.45, 2.75) is 39.7 Å². The van der Waals surface area contributed by atoms with E-state index >= 15 is 0 Å². The summed E-state index contributed by atoms with van der Waals surface area (Å²) >= 11 is 0.